The summed E-state index contributed by atoms with van der Waals surface area (Å²) in [6.45, 7) is 9.99. The smallest absolute Gasteiger partial charge is 0.410 e. The number of carbonyl (C=O) groups excluding carboxylic acids is 1. The fourth-order valence-electron chi connectivity index (χ4n) is 3.71. The first-order valence-corrected chi connectivity index (χ1v) is 10.4. The molecule has 4 rings (SSSR count). The van der Waals surface area contributed by atoms with Gasteiger partial charge in [0.05, 0.1) is 23.8 Å². The van der Waals surface area contributed by atoms with E-state index in [4.69, 9.17) is 9.72 Å². The lowest BCUT2D eigenvalue weighted by molar-refractivity contribution is 0.0263. The van der Waals surface area contributed by atoms with Crippen molar-refractivity contribution in [3.8, 4) is 0 Å². The topological polar surface area (TPSA) is 81.3 Å². The first kappa shape index (κ1) is 20.2. The van der Waals surface area contributed by atoms with Crippen LogP contribution >= 0.6 is 0 Å². The minimum atomic E-state index is -0.488. The van der Waals surface area contributed by atoms with Crippen molar-refractivity contribution in [2.45, 2.75) is 45.9 Å². The second-order valence-electron chi connectivity index (χ2n) is 8.53. The molecule has 1 aliphatic heterocycles. The highest BCUT2D eigenvalue weighted by atomic mass is 16.6. The van der Waals surface area contributed by atoms with Crippen molar-refractivity contribution in [2.24, 2.45) is 0 Å². The van der Waals surface area contributed by atoms with Crippen LogP contribution in [0.1, 0.15) is 27.2 Å². The number of rotatable bonds is 4. The molecule has 3 heterocycles. The molecule has 0 atom stereocenters. The van der Waals surface area contributed by atoms with Crippen LogP contribution in [-0.2, 0) is 17.8 Å². The first-order valence-electron chi connectivity index (χ1n) is 10.4. The van der Waals surface area contributed by atoms with Crippen molar-refractivity contribution in [3.63, 3.8) is 0 Å². The van der Waals surface area contributed by atoms with E-state index in [-0.39, 0.29) is 6.09 Å². The number of carbonyl (C=O) groups is 1. The third-order valence-electron chi connectivity index (χ3n) is 5.09. The maximum atomic E-state index is 12.5. The zero-order valence-corrected chi connectivity index (χ0v) is 17.9. The van der Waals surface area contributed by atoms with Gasteiger partial charge < -0.3 is 19.1 Å². The fourth-order valence-corrected chi connectivity index (χ4v) is 3.71. The second kappa shape index (κ2) is 8.33. The molecule has 9 heteroatoms. The number of fused-ring (bicyclic) bond motifs is 1. The number of ether oxygens (including phenoxy) is 1. The molecule has 0 radical (unpaired) electrons. The van der Waals surface area contributed by atoms with Crippen molar-refractivity contribution in [1.82, 2.24) is 29.4 Å². The van der Waals surface area contributed by atoms with Gasteiger partial charge in [0.1, 0.15) is 5.60 Å². The molecule has 1 saturated heterocycles. The molecule has 0 saturated carbocycles. The fraction of sp³-hybridized carbons (Fsp3) is 0.524. The van der Waals surface area contributed by atoms with E-state index in [9.17, 15) is 4.79 Å². The summed E-state index contributed by atoms with van der Waals surface area (Å²) in [5.74, 6) is 0.933. The molecular formula is C21H29N7O2. The lowest BCUT2D eigenvalue weighted by Crippen LogP contribution is -2.39. The summed E-state index contributed by atoms with van der Waals surface area (Å²) < 4.78 is 9.62. The molecule has 0 spiro atoms. The van der Waals surface area contributed by atoms with Crippen molar-refractivity contribution in [2.75, 3.05) is 31.1 Å². The normalized spacial score (nSPS) is 15.4. The number of imidazole rings is 1. The monoisotopic (exact) mass is 411 g/mol. The van der Waals surface area contributed by atoms with Crippen LogP contribution in [0.3, 0.4) is 0 Å². The van der Waals surface area contributed by atoms with E-state index >= 15 is 0 Å². The molecule has 2 aromatic heterocycles. The Morgan fingerprint density at radius 3 is 2.70 bits per heavy atom. The second-order valence-corrected chi connectivity index (χ2v) is 8.53. The zero-order chi connectivity index (χ0) is 21.1. The summed E-state index contributed by atoms with van der Waals surface area (Å²) in [6.07, 6.45) is 4.17. The molecule has 160 valence electrons. The Kier molecular flexibility index (Phi) is 5.61. The molecule has 0 unspecified atom stereocenters. The number of anilines is 1. The van der Waals surface area contributed by atoms with Crippen LogP contribution in [0.5, 0.6) is 0 Å². The van der Waals surface area contributed by atoms with Crippen LogP contribution in [-0.4, -0.2) is 67.3 Å². The van der Waals surface area contributed by atoms with Crippen LogP contribution in [0.4, 0.5) is 10.7 Å². The van der Waals surface area contributed by atoms with E-state index in [0.717, 1.165) is 36.5 Å². The molecular weight excluding hydrogens is 382 g/mol. The van der Waals surface area contributed by atoms with Crippen LogP contribution in [0.15, 0.2) is 36.7 Å². The van der Waals surface area contributed by atoms with E-state index in [1.54, 1.807) is 11.1 Å². The van der Waals surface area contributed by atoms with E-state index in [1.165, 1.54) is 0 Å². The van der Waals surface area contributed by atoms with Gasteiger partial charge in [0.15, 0.2) is 0 Å². The molecule has 3 aromatic rings. The predicted octanol–water partition coefficient (Wildman–Crippen LogP) is 2.78. The van der Waals surface area contributed by atoms with E-state index < -0.39 is 5.60 Å². The number of hydrogen-bond acceptors (Lipinski definition) is 6. The molecule has 9 nitrogen and oxygen atoms in total. The third-order valence-corrected chi connectivity index (χ3v) is 5.09. The zero-order valence-electron chi connectivity index (χ0n) is 17.9. The lowest BCUT2D eigenvalue weighted by Gasteiger charge is -2.26. The first-order chi connectivity index (χ1) is 14.4. The molecule has 30 heavy (non-hydrogen) atoms. The van der Waals surface area contributed by atoms with Gasteiger partial charge in [-0.25, -0.2) is 9.78 Å². The highest BCUT2D eigenvalue weighted by Gasteiger charge is 2.26. The van der Waals surface area contributed by atoms with Crippen molar-refractivity contribution < 1.29 is 9.53 Å². The van der Waals surface area contributed by atoms with Gasteiger partial charge in [0.25, 0.3) is 0 Å². The number of aromatic nitrogens is 5. The highest BCUT2D eigenvalue weighted by molar-refractivity contribution is 5.79. The summed E-state index contributed by atoms with van der Waals surface area (Å²) in [7, 11) is 0. The Morgan fingerprint density at radius 2 is 1.93 bits per heavy atom. The van der Waals surface area contributed by atoms with Crippen LogP contribution < -0.4 is 4.90 Å². The number of benzene rings is 1. The molecule has 1 amide bonds. The third kappa shape index (κ3) is 4.55. The molecule has 0 bridgehead atoms. The molecule has 1 fully saturated rings. The van der Waals surface area contributed by atoms with Gasteiger partial charge in [-0.05, 0) is 39.3 Å². The van der Waals surface area contributed by atoms with Crippen LogP contribution in [0.2, 0.25) is 0 Å². The van der Waals surface area contributed by atoms with Gasteiger partial charge in [0, 0.05) is 38.9 Å². The number of hydrogen-bond donors (Lipinski definition) is 0. The molecule has 1 aliphatic rings. The van der Waals surface area contributed by atoms with Gasteiger partial charge in [-0.2, -0.15) is 0 Å². The summed E-state index contributed by atoms with van der Waals surface area (Å²) in [5, 5.41) is 7.96. The molecule has 0 aliphatic carbocycles. The summed E-state index contributed by atoms with van der Waals surface area (Å²) >= 11 is 0. The average Bonchev–Trinajstić information content (AvgIpc) is 3.26. The minimum absolute atomic E-state index is 0.246. The van der Waals surface area contributed by atoms with Gasteiger partial charge in [0.2, 0.25) is 5.95 Å². The average molecular weight is 412 g/mol. The van der Waals surface area contributed by atoms with Crippen LogP contribution in [0.25, 0.3) is 11.0 Å². The van der Waals surface area contributed by atoms with Gasteiger partial charge in [-0.3, -0.25) is 4.68 Å². The van der Waals surface area contributed by atoms with E-state index in [2.05, 4.69) is 25.8 Å². The quantitative estimate of drug-likeness (QED) is 0.657. The number of para-hydroxylation sites is 2. The van der Waals surface area contributed by atoms with Crippen molar-refractivity contribution in [3.05, 3.63) is 36.7 Å². The SMILES string of the molecule is CC(C)(C)OC(=O)N1CCCN(c2nc3ccccc3n2CCn2ccnn2)CC1. The lowest BCUT2D eigenvalue weighted by atomic mass is 10.2. The summed E-state index contributed by atoms with van der Waals surface area (Å²) in [6, 6.07) is 8.17. The van der Waals surface area contributed by atoms with E-state index in [0.29, 0.717) is 26.2 Å². The van der Waals surface area contributed by atoms with Gasteiger partial charge in [-0.15, -0.1) is 5.10 Å². The maximum absolute atomic E-state index is 12.5. The Morgan fingerprint density at radius 1 is 1.10 bits per heavy atom. The Labute approximate surface area is 176 Å². The maximum Gasteiger partial charge on any atom is 0.410 e. The van der Waals surface area contributed by atoms with Gasteiger partial charge >= 0.3 is 6.09 Å². The Bertz CT molecular complexity index is 991. The largest absolute Gasteiger partial charge is 0.444 e. The summed E-state index contributed by atoms with van der Waals surface area (Å²) in [4.78, 5) is 21.5. The minimum Gasteiger partial charge on any atom is -0.444 e. The van der Waals surface area contributed by atoms with Crippen LogP contribution in [0, 0.1) is 0 Å². The standard InChI is InChI=1S/C21H29N7O2/c1-21(2,3)30-20(29)26-11-6-10-25(13-14-26)19-23-17-7-4-5-8-18(17)28(19)16-15-27-12-9-22-24-27/h4-5,7-9,12H,6,10-11,13-16H2,1-3H3. The number of aryl methyl sites for hydroxylation is 2. The van der Waals surface area contributed by atoms with E-state index in [1.807, 2.05) is 49.8 Å². The predicted molar refractivity (Wildman–Crippen MR) is 114 cm³/mol. The number of nitrogens with zero attached hydrogens (tertiary/aromatic N) is 7. The molecule has 0 N–H and O–H groups in total. The number of amides is 1. The Hall–Kier alpha value is -3.10. The highest BCUT2D eigenvalue weighted by Crippen LogP contribution is 2.24. The van der Waals surface area contributed by atoms with Gasteiger partial charge in [-0.1, -0.05) is 17.3 Å². The van der Waals surface area contributed by atoms with Crippen molar-refractivity contribution in [1.29, 1.82) is 0 Å². The Balaban J connectivity index is 1.53. The van der Waals surface area contributed by atoms with Crippen molar-refractivity contribution >= 4 is 23.1 Å². The molecule has 1 aromatic carbocycles. The summed E-state index contributed by atoms with van der Waals surface area (Å²) in [5.41, 5.74) is 1.58.